The molecule has 22 heavy (non-hydrogen) atoms. The molecule has 0 fully saturated rings. The minimum absolute atomic E-state index is 0.116. The van der Waals surface area contributed by atoms with Crippen LogP contribution in [0, 0.1) is 11.2 Å². The summed E-state index contributed by atoms with van der Waals surface area (Å²) in [6.45, 7) is 0.365. The van der Waals surface area contributed by atoms with Gasteiger partial charge in [-0.05, 0) is 18.4 Å². The molecule has 0 aliphatic rings. The number of hydrogen-bond acceptors (Lipinski definition) is 1. The van der Waals surface area contributed by atoms with Crippen molar-refractivity contribution in [1.29, 1.82) is 0 Å². The van der Waals surface area contributed by atoms with E-state index in [0.717, 1.165) is 5.56 Å². The summed E-state index contributed by atoms with van der Waals surface area (Å²) in [5.41, 5.74) is 0.928. The quantitative estimate of drug-likeness (QED) is 0.434. The molecule has 0 aromatic heterocycles. The average molecular weight is 341 g/mol. The van der Waals surface area contributed by atoms with Crippen LogP contribution >= 0.6 is 10.2 Å². The van der Waals surface area contributed by atoms with Crippen LogP contribution < -0.4 is 5.32 Å². The van der Waals surface area contributed by atoms with E-state index in [2.05, 4.69) is 5.32 Å². The molecule has 1 aromatic carbocycles. The van der Waals surface area contributed by atoms with E-state index in [4.69, 9.17) is 0 Å². The SMILES string of the molecule is O=C(CCCCC#CS(F)(F)(F)(F)F)NCc1ccccc1. The van der Waals surface area contributed by atoms with Gasteiger partial charge in [-0.25, -0.2) is 0 Å². The standard InChI is InChI=1S/C14H16F5NOS/c15-22(16,17,18,19)11-7-2-1-6-10-14(21)20-12-13-8-4-3-5-9-13/h3-5,8-9H,1-2,6,10,12H2,(H,20,21). The van der Waals surface area contributed by atoms with E-state index in [1.54, 1.807) is 0 Å². The Labute approximate surface area is 125 Å². The van der Waals surface area contributed by atoms with Crippen LogP contribution in [0.5, 0.6) is 0 Å². The molecule has 0 bridgehead atoms. The van der Waals surface area contributed by atoms with E-state index < -0.39 is 10.2 Å². The molecule has 0 atom stereocenters. The molecule has 1 N–H and O–H groups in total. The van der Waals surface area contributed by atoms with Gasteiger partial charge in [-0.3, -0.25) is 4.79 Å². The Morgan fingerprint density at radius 1 is 1.05 bits per heavy atom. The zero-order chi connectivity index (χ0) is 16.8. The summed E-state index contributed by atoms with van der Waals surface area (Å²) >= 11 is 0. The van der Waals surface area contributed by atoms with Crippen molar-refractivity contribution in [3.8, 4) is 11.2 Å². The lowest BCUT2D eigenvalue weighted by Crippen LogP contribution is -2.22. The zero-order valence-corrected chi connectivity index (χ0v) is 12.4. The van der Waals surface area contributed by atoms with Gasteiger partial charge in [0.1, 0.15) is 0 Å². The van der Waals surface area contributed by atoms with Crippen molar-refractivity contribution in [3.05, 3.63) is 35.9 Å². The van der Waals surface area contributed by atoms with Crippen molar-refractivity contribution in [1.82, 2.24) is 5.32 Å². The summed E-state index contributed by atoms with van der Waals surface area (Å²) in [7, 11) is -9.62. The van der Waals surface area contributed by atoms with Crippen molar-refractivity contribution in [3.63, 3.8) is 0 Å². The van der Waals surface area contributed by atoms with E-state index in [-0.39, 0.29) is 36.8 Å². The van der Waals surface area contributed by atoms with Crippen molar-refractivity contribution >= 4 is 16.1 Å². The molecule has 0 heterocycles. The van der Waals surface area contributed by atoms with E-state index in [0.29, 0.717) is 6.54 Å². The maximum atomic E-state index is 11.9. The number of nitrogens with one attached hydrogen (secondary N) is 1. The third-order valence-electron chi connectivity index (χ3n) is 2.55. The lowest BCUT2D eigenvalue weighted by molar-refractivity contribution is -0.121. The average Bonchev–Trinajstić information content (AvgIpc) is 2.39. The fourth-order valence-corrected chi connectivity index (χ4v) is 1.95. The van der Waals surface area contributed by atoms with Gasteiger partial charge < -0.3 is 5.32 Å². The van der Waals surface area contributed by atoms with Crippen molar-refractivity contribution in [2.45, 2.75) is 32.2 Å². The van der Waals surface area contributed by atoms with Gasteiger partial charge >= 0.3 is 10.2 Å². The Morgan fingerprint density at radius 2 is 1.68 bits per heavy atom. The molecular weight excluding hydrogens is 325 g/mol. The normalized spacial score (nSPS) is 14.2. The minimum atomic E-state index is -9.62. The monoisotopic (exact) mass is 341 g/mol. The Balaban J connectivity index is 2.20. The number of hydrogen-bond donors (Lipinski definition) is 1. The van der Waals surface area contributed by atoms with Crippen LogP contribution in [0.25, 0.3) is 0 Å². The van der Waals surface area contributed by atoms with Crippen LogP contribution in [0.15, 0.2) is 30.3 Å². The Bertz CT molecular complexity index is 574. The Kier molecular flexibility index (Phi) is 5.13. The number of rotatable bonds is 6. The zero-order valence-electron chi connectivity index (χ0n) is 11.6. The van der Waals surface area contributed by atoms with E-state index >= 15 is 0 Å². The largest absolute Gasteiger partial charge is 0.352 e. The second-order valence-electron chi connectivity index (χ2n) is 4.72. The van der Waals surface area contributed by atoms with Crippen molar-refractivity contribution in [2.24, 2.45) is 0 Å². The van der Waals surface area contributed by atoms with Crippen LogP contribution in [0.4, 0.5) is 19.4 Å². The molecule has 0 unspecified atom stereocenters. The second-order valence-corrected chi connectivity index (χ2v) is 6.86. The minimum Gasteiger partial charge on any atom is -0.352 e. The third kappa shape index (κ3) is 10.0. The maximum Gasteiger partial charge on any atom is 0.345 e. The number of unbranched alkanes of at least 4 members (excludes halogenated alkanes) is 2. The van der Waals surface area contributed by atoms with Gasteiger partial charge in [0.05, 0.1) is 5.25 Å². The summed E-state index contributed by atoms with van der Waals surface area (Å²) in [6.07, 6.45) is 0.234. The number of carbonyl (C=O) groups excluding carboxylic acids is 1. The van der Waals surface area contributed by atoms with Gasteiger partial charge in [0.15, 0.2) is 0 Å². The summed E-state index contributed by atoms with van der Waals surface area (Å²) in [5.74, 6) is 1.19. The number of halogens is 5. The topological polar surface area (TPSA) is 29.1 Å². The molecule has 0 spiro atoms. The molecular formula is C14H16F5NOS. The Morgan fingerprint density at radius 3 is 2.27 bits per heavy atom. The molecule has 0 saturated heterocycles. The number of amides is 1. The molecule has 8 heteroatoms. The highest BCUT2D eigenvalue weighted by molar-refractivity contribution is 8.49. The van der Waals surface area contributed by atoms with E-state index in [1.165, 1.54) is 5.92 Å². The number of benzene rings is 1. The molecule has 0 saturated carbocycles. The second kappa shape index (κ2) is 6.16. The summed E-state index contributed by atoms with van der Waals surface area (Å²) in [5, 5.41) is 2.80. The first kappa shape index (κ1) is 18.3. The van der Waals surface area contributed by atoms with Crippen LogP contribution in [-0.2, 0) is 11.3 Å². The lowest BCUT2D eigenvalue weighted by Gasteiger charge is -2.33. The first-order chi connectivity index (χ1) is 9.95. The molecule has 124 valence electrons. The number of carbonyl (C=O) groups is 1. The smallest absolute Gasteiger partial charge is 0.345 e. The molecule has 0 aliphatic carbocycles. The van der Waals surface area contributed by atoms with E-state index in [9.17, 15) is 24.2 Å². The van der Waals surface area contributed by atoms with Crippen LogP contribution in [0.2, 0.25) is 0 Å². The summed E-state index contributed by atoms with van der Waals surface area (Å²) in [6, 6.07) is 9.20. The fourth-order valence-electron chi connectivity index (χ4n) is 1.57. The van der Waals surface area contributed by atoms with Crippen molar-refractivity contribution in [2.75, 3.05) is 0 Å². The van der Waals surface area contributed by atoms with Gasteiger partial charge in [0.2, 0.25) is 5.91 Å². The van der Waals surface area contributed by atoms with Crippen LogP contribution in [0.1, 0.15) is 31.2 Å². The predicted octanol–water partition coefficient (Wildman–Crippen LogP) is 5.12. The molecule has 1 aromatic rings. The van der Waals surface area contributed by atoms with Crippen LogP contribution in [0.3, 0.4) is 0 Å². The predicted molar refractivity (Wildman–Crippen MR) is 77.7 cm³/mol. The maximum absolute atomic E-state index is 11.9. The highest BCUT2D eigenvalue weighted by Crippen LogP contribution is 2.97. The third-order valence-corrected chi connectivity index (χ3v) is 3.08. The van der Waals surface area contributed by atoms with Gasteiger partial charge in [-0.2, -0.15) is 0 Å². The Hall–Kier alpha value is -1.75. The summed E-state index contributed by atoms with van der Waals surface area (Å²) < 4.78 is 59.4. The van der Waals surface area contributed by atoms with E-state index in [1.807, 2.05) is 30.3 Å². The van der Waals surface area contributed by atoms with Crippen molar-refractivity contribution < 1.29 is 24.2 Å². The first-order valence-corrected chi connectivity index (χ1v) is 8.46. The summed E-state index contributed by atoms with van der Waals surface area (Å²) in [4.78, 5) is 11.5. The lowest BCUT2D eigenvalue weighted by atomic mass is 10.2. The van der Waals surface area contributed by atoms with Gasteiger partial charge in [-0.1, -0.05) is 55.7 Å². The fraction of sp³-hybridized carbons (Fsp3) is 0.357. The molecule has 1 amide bonds. The molecule has 1 rings (SSSR count). The van der Waals surface area contributed by atoms with Gasteiger partial charge in [0.25, 0.3) is 0 Å². The van der Waals surface area contributed by atoms with Gasteiger partial charge in [0, 0.05) is 19.4 Å². The highest BCUT2D eigenvalue weighted by Gasteiger charge is 2.62. The van der Waals surface area contributed by atoms with Gasteiger partial charge in [-0.15, -0.1) is 0 Å². The molecule has 2 nitrogen and oxygen atoms in total. The highest BCUT2D eigenvalue weighted by atomic mass is 32.5. The molecule has 0 radical (unpaired) electrons. The first-order valence-electron chi connectivity index (χ1n) is 6.50. The van der Waals surface area contributed by atoms with Crippen LogP contribution in [-0.4, -0.2) is 5.91 Å². The molecule has 0 aliphatic heterocycles.